The Bertz CT molecular complexity index is 1690. The van der Waals surface area contributed by atoms with E-state index < -0.39 is 28.5 Å². The molecule has 0 heterocycles. The number of sulfonamides is 1. The van der Waals surface area contributed by atoms with Gasteiger partial charge in [0.15, 0.2) is 0 Å². The highest BCUT2D eigenvalue weighted by molar-refractivity contribution is 7.98. The fourth-order valence-corrected chi connectivity index (χ4v) is 6.86. The summed E-state index contributed by atoms with van der Waals surface area (Å²) in [6.07, 6.45) is 2.14. The summed E-state index contributed by atoms with van der Waals surface area (Å²) in [6, 6.07) is 28.6. The van der Waals surface area contributed by atoms with Crippen LogP contribution in [0.1, 0.15) is 25.0 Å². The molecule has 4 aromatic carbocycles. The van der Waals surface area contributed by atoms with Crippen LogP contribution in [0.4, 0.5) is 5.69 Å². The van der Waals surface area contributed by atoms with Crippen molar-refractivity contribution in [3.8, 4) is 5.75 Å². The second-order valence-electron chi connectivity index (χ2n) is 10.4. The molecule has 0 aromatic heterocycles. The van der Waals surface area contributed by atoms with Crippen LogP contribution in [0.15, 0.2) is 113 Å². The monoisotopic (exact) mass is 679 g/mol. The second kappa shape index (κ2) is 16.5. The summed E-state index contributed by atoms with van der Waals surface area (Å²) < 4.78 is 35.1. The highest BCUT2D eigenvalue weighted by Crippen LogP contribution is 2.28. The Morgan fingerprint density at radius 3 is 2.11 bits per heavy atom. The summed E-state index contributed by atoms with van der Waals surface area (Å²) in [5.41, 5.74) is 1.88. The Morgan fingerprint density at radius 2 is 1.52 bits per heavy atom. The summed E-state index contributed by atoms with van der Waals surface area (Å²) >= 11 is 7.64. The van der Waals surface area contributed by atoms with Crippen LogP contribution < -0.4 is 14.4 Å². The summed E-state index contributed by atoms with van der Waals surface area (Å²) in [4.78, 5) is 30.5. The lowest BCUT2D eigenvalue weighted by atomic mass is 10.0. The first-order chi connectivity index (χ1) is 22.2. The minimum Gasteiger partial charge on any atom is -0.494 e. The first kappa shape index (κ1) is 34.9. The third-order valence-electron chi connectivity index (χ3n) is 7.25. The number of carbonyl (C=O) groups is 2. The molecule has 0 saturated heterocycles. The van der Waals surface area contributed by atoms with Gasteiger partial charge in [0, 0.05) is 29.4 Å². The van der Waals surface area contributed by atoms with Gasteiger partial charge in [-0.15, -0.1) is 11.8 Å². The topological polar surface area (TPSA) is 96.0 Å². The average Bonchev–Trinajstić information content (AvgIpc) is 3.07. The first-order valence-corrected chi connectivity index (χ1v) is 18.0. The Labute approximate surface area is 280 Å². The van der Waals surface area contributed by atoms with Crippen molar-refractivity contribution >= 4 is 50.9 Å². The maximum absolute atomic E-state index is 14.5. The van der Waals surface area contributed by atoms with E-state index in [0.29, 0.717) is 23.9 Å². The van der Waals surface area contributed by atoms with Gasteiger partial charge in [0.25, 0.3) is 10.0 Å². The smallest absolute Gasteiger partial charge is 0.264 e. The van der Waals surface area contributed by atoms with Crippen molar-refractivity contribution in [1.29, 1.82) is 0 Å². The molecule has 8 nitrogen and oxygen atoms in total. The van der Waals surface area contributed by atoms with Gasteiger partial charge in [0.2, 0.25) is 11.8 Å². The largest absolute Gasteiger partial charge is 0.494 e. The summed E-state index contributed by atoms with van der Waals surface area (Å²) in [7, 11) is -4.21. The molecule has 1 N–H and O–H groups in total. The molecule has 242 valence electrons. The summed E-state index contributed by atoms with van der Waals surface area (Å²) in [6.45, 7) is 4.00. The van der Waals surface area contributed by atoms with Crippen molar-refractivity contribution in [2.45, 2.75) is 42.6 Å². The van der Waals surface area contributed by atoms with Crippen LogP contribution >= 0.6 is 23.4 Å². The molecule has 11 heteroatoms. The molecule has 0 radical (unpaired) electrons. The Hall–Kier alpha value is -3.99. The maximum atomic E-state index is 14.5. The van der Waals surface area contributed by atoms with Gasteiger partial charge in [-0.05, 0) is 91.9 Å². The van der Waals surface area contributed by atoms with Gasteiger partial charge in [-0.1, -0.05) is 54.1 Å². The quantitative estimate of drug-likeness (QED) is 0.146. The van der Waals surface area contributed by atoms with Crippen LogP contribution in [0.5, 0.6) is 5.75 Å². The highest BCUT2D eigenvalue weighted by Gasteiger charge is 2.34. The highest BCUT2D eigenvalue weighted by atomic mass is 35.5. The van der Waals surface area contributed by atoms with E-state index in [9.17, 15) is 18.0 Å². The molecule has 1 unspecified atom stereocenters. The zero-order valence-electron chi connectivity index (χ0n) is 26.1. The average molecular weight is 680 g/mol. The zero-order chi connectivity index (χ0) is 33.1. The van der Waals surface area contributed by atoms with Crippen LogP contribution in [0.25, 0.3) is 0 Å². The van der Waals surface area contributed by atoms with E-state index in [1.807, 2.05) is 50.4 Å². The molecule has 0 aliphatic heterocycles. The first-order valence-electron chi connectivity index (χ1n) is 14.9. The van der Waals surface area contributed by atoms with Gasteiger partial charge in [-0.3, -0.25) is 13.9 Å². The van der Waals surface area contributed by atoms with Crippen LogP contribution in [-0.2, 0) is 32.6 Å². The summed E-state index contributed by atoms with van der Waals surface area (Å²) in [5, 5.41) is 3.40. The van der Waals surface area contributed by atoms with Gasteiger partial charge >= 0.3 is 0 Å². The van der Waals surface area contributed by atoms with Crippen molar-refractivity contribution < 1.29 is 22.7 Å². The van der Waals surface area contributed by atoms with E-state index in [-0.39, 0.29) is 29.5 Å². The van der Waals surface area contributed by atoms with Crippen molar-refractivity contribution in [3.05, 3.63) is 119 Å². The normalized spacial score (nSPS) is 11.8. The van der Waals surface area contributed by atoms with Crippen LogP contribution in [0, 0.1) is 0 Å². The number of ether oxygens (including phenoxy) is 1. The Balaban J connectivity index is 1.79. The molecule has 0 saturated carbocycles. The SMILES string of the molecule is CCNC(=O)C(Cc1ccccc1)N(Cc1ccc(Cl)cc1)C(=O)CN(c1ccc(OCC)cc1)S(=O)(=O)c1ccc(SC)cc1. The number of halogens is 1. The Kier molecular flexibility index (Phi) is 12.5. The predicted octanol–water partition coefficient (Wildman–Crippen LogP) is 6.43. The molecule has 0 bridgehead atoms. The van der Waals surface area contributed by atoms with E-state index in [1.165, 1.54) is 28.8 Å². The third kappa shape index (κ3) is 9.05. The van der Waals surface area contributed by atoms with E-state index in [1.54, 1.807) is 60.7 Å². The molecule has 0 spiro atoms. The van der Waals surface area contributed by atoms with Crippen LogP contribution in [0.2, 0.25) is 5.02 Å². The third-order valence-corrected chi connectivity index (χ3v) is 10.0. The molecule has 0 fully saturated rings. The van der Waals surface area contributed by atoms with Crippen molar-refractivity contribution in [3.63, 3.8) is 0 Å². The fraction of sp³-hybridized carbons (Fsp3) is 0.257. The molecule has 1 atom stereocenters. The van der Waals surface area contributed by atoms with Gasteiger partial charge in [0.1, 0.15) is 18.3 Å². The maximum Gasteiger partial charge on any atom is 0.264 e. The van der Waals surface area contributed by atoms with E-state index in [2.05, 4.69) is 5.32 Å². The lowest BCUT2D eigenvalue weighted by Crippen LogP contribution is -2.53. The molecule has 4 rings (SSSR count). The number of rotatable bonds is 15. The van der Waals surface area contributed by atoms with E-state index in [4.69, 9.17) is 16.3 Å². The number of benzene rings is 4. The minimum atomic E-state index is -4.21. The zero-order valence-corrected chi connectivity index (χ0v) is 28.4. The number of carbonyl (C=O) groups excluding carboxylic acids is 2. The van der Waals surface area contributed by atoms with E-state index in [0.717, 1.165) is 20.3 Å². The molecule has 0 aliphatic carbocycles. The second-order valence-corrected chi connectivity index (χ2v) is 13.5. The lowest BCUT2D eigenvalue weighted by molar-refractivity contribution is -0.140. The predicted molar refractivity (Wildman–Crippen MR) is 185 cm³/mol. The van der Waals surface area contributed by atoms with Gasteiger partial charge in [-0.25, -0.2) is 8.42 Å². The van der Waals surface area contributed by atoms with Crippen LogP contribution in [0.3, 0.4) is 0 Å². The number of anilines is 1. The minimum absolute atomic E-state index is 0.0424. The number of likely N-dealkylation sites (N-methyl/N-ethyl adjacent to an activating group) is 1. The molecule has 2 amide bonds. The summed E-state index contributed by atoms with van der Waals surface area (Å²) in [5.74, 6) is -0.306. The molecule has 46 heavy (non-hydrogen) atoms. The standard InChI is InChI=1S/C35H38ClN3O5S2/c1-4-37-35(41)33(23-26-9-7-6-8-10-26)38(24-27-11-13-28(36)14-12-27)34(40)25-39(29-15-17-30(18-16-29)44-5-2)46(42,43)32-21-19-31(45-3)20-22-32/h6-22,33H,4-5,23-25H2,1-3H3,(H,37,41). The number of hydrogen-bond acceptors (Lipinski definition) is 6. The van der Waals surface area contributed by atoms with Crippen molar-refractivity contribution in [2.75, 3.05) is 30.3 Å². The molecular weight excluding hydrogens is 642 g/mol. The van der Waals surface area contributed by atoms with Gasteiger partial charge < -0.3 is 15.0 Å². The van der Waals surface area contributed by atoms with E-state index >= 15 is 0 Å². The van der Waals surface area contributed by atoms with Gasteiger partial charge in [0.05, 0.1) is 17.2 Å². The number of thioether (sulfide) groups is 1. The molecular formula is C35H38ClN3O5S2. The van der Waals surface area contributed by atoms with Crippen molar-refractivity contribution in [1.82, 2.24) is 10.2 Å². The van der Waals surface area contributed by atoms with Crippen molar-refractivity contribution in [2.24, 2.45) is 0 Å². The fourth-order valence-electron chi connectivity index (χ4n) is 4.91. The number of hydrogen-bond donors (Lipinski definition) is 1. The van der Waals surface area contributed by atoms with Crippen LogP contribution in [-0.4, -0.2) is 57.1 Å². The number of nitrogens with one attached hydrogen (secondary N) is 1. The van der Waals surface area contributed by atoms with Gasteiger partial charge in [-0.2, -0.15) is 0 Å². The lowest BCUT2D eigenvalue weighted by Gasteiger charge is -2.34. The molecule has 0 aliphatic rings. The Morgan fingerprint density at radius 1 is 0.870 bits per heavy atom. The number of amides is 2. The number of nitrogens with zero attached hydrogens (tertiary/aromatic N) is 2. The molecule has 4 aromatic rings.